The van der Waals surface area contributed by atoms with Crippen molar-refractivity contribution in [1.29, 1.82) is 0 Å². The zero-order chi connectivity index (χ0) is 42.8. The fourth-order valence-electron chi connectivity index (χ4n) is 9.12. The minimum Gasteiger partial charge on any atom is -0.292 e. The van der Waals surface area contributed by atoms with Crippen LogP contribution in [-0.2, 0) is 0 Å². The average Bonchev–Trinajstić information content (AvgIpc) is 4.08. The molecule has 9 aromatic carbocycles. The van der Waals surface area contributed by atoms with Crippen LogP contribution in [0.5, 0.6) is 0 Å². The topological polar surface area (TPSA) is 56.5 Å². The molecule has 0 aliphatic carbocycles. The van der Waals surface area contributed by atoms with Crippen molar-refractivity contribution in [2.45, 2.75) is 0 Å². The van der Waals surface area contributed by atoms with Crippen molar-refractivity contribution in [2.24, 2.45) is 0 Å². The molecule has 0 radical (unpaired) electrons. The molecule has 0 unspecified atom stereocenters. The van der Waals surface area contributed by atoms with Gasteiger partial charge in [0.1, 0.15) is 5.82 Å². The lowest BCUT2D eigenvalue weighted by molar-refractivity contribution is 1.07. The van der Waals surface area contributed by atoms with Crippen molar-refractivity contribution in [2.75, 3.05) is 0 Å². The van der Waals surface area contributed by atoms with Crippen molar-refractivity contribution in [1.82, 2.24) is 24.5 Å². The Morgan fingerprint density at radius 2 is 0.877 bits per heavy atom. The molecule has 0 spiro atoms. The fraction of sp³-hybridized carbons (Fsp3) is 0. The number of hydrogen-bond donors (Lipinski definition) is 0. The van der Waals surface area contributed by atoms with Crippen LogP contribution in [-0.4, -0.2) is 24.5 Å². The molecule has 13 aromatic rings. The van der Waals surface area contributed by atoms with E-state index in [1.165, 1.54) is 51.5 Å². The first kappa shape index (κ1) is 37.5. The zero-order valence-electron chi connectivity index (χ0n) is 34.8. The van der Waals surface area contributed by atoms with Crippen molar-refractivity contribution < 1.29 is 0 Å². The van der Waals surface area contributed by atoms with Crippen LogP contribution in [0.4, 0.5) is 0 Å². The molecular formula is C58H35N5S2. The van der Waals surface area contributed by atoms with Gasteiger partial charge < -0.3 is 0 Å². The van der Waals surface area contributed by atoms with Crippen molar-refractivity contribution in [3.05, 3.63) is 212 Å². The lowest BCUT2D eigenvalue weighted by Gasteiger charge is -2.10. The summed E-state index contributed by atoms with van der Waals surface area (Å²) in [7, 11) is 0. The standard InChI is InChI=1S/C58H35N5S2/c1-3-13-37(14-4-1)55-60-56(62-57(61-55)42-30-32-52-47(35-42)45-19-7-10-24-51(45)64-52)41-16-11-15-40(33-41)44-20-12-21-46-48-34-39(29-31-53(48)65-54(44)46)36-25-27-38(28-26-36)58-59-49-22-8-9-23-50(49)63(58)43-17-5-2-6-18-43/h1-35H. The quantitative estimate of drug-likeness (QED) is 0.160. The second-order valence-corrected chi connectivity index (χ2v) is 18.4. The highest BCUT2D eigenvalue weighted by Gasteiger charge is 2.18. The van der Waals surface area contributed by atoms with Crippen molar-refractivity contribution in [3.63, 3.8) is 0 Å². The molecule has 0 aliphatic heterocycles. The van der Waals surface area contributed by atoms with Gasteiger partial charge in [-0.05, 0) is 89.0 Å². The highest BCUT2D eigenvalue weighted by molar-refractivity contribution is 7.26. The van der Waals surface area contributed by atoms with Crippen LogP contribution >= 0.6 is 22.7 Å². The summed E-state index contributed by atoms with van der Waals surface area (Å²) in [6, 6.07) is 75.1. The molecule has 13 rings (SSSR count). The van der Waals surface area contributed by atoms with E-state index in [0.29, 0.717) is 17.5 Å². The lowest BCUT2D eigenvalue weighted by atomic mass is 9.98. The van der Waals surface area contributed by atoms with E-state index in [0.717, 1.165) is 55.9 Å². The summed E-state index contributed by atoms with van der Waals surface area (Å²) in [5.74, 6) is 2.87. The molecule has 0 bridgehead atoms. The number of imidazole rings is 1. The number of benzene rings is 9. The van der Waals surface area contributed by atoms with Gasteiger partial charge in [-0.25, -0.2) is 19.9 Å². The van der Waals surface area contributed by atoms with E-state index in [-0.39, 0.29) is 0 Å². The first-order valence-electron chi connectivity index (χ1n) is 21.6. The first-order valence-corrected chi connectivity index (χ1v) is 23.2. The molecule has 4 aromatic heterocycles. The summed E-state index contributed by atoms with van der Waals surface area (Å²) < 4.78 is 7.28. The summed E-state index contributed by atoms with van der Waals surface area (Å²) in [4.78, 5) is 20.4. The maximum absolute atomic E-state index is 5.17. The zero-order valence-corrected chi connectivity index (χ0v) is 36.4. The Balaban J connectivity index is 0.867. The molecule has 0 atom stereocenters. The van der Waals surface area contributed by atoms with E-state index in [1.807, 2.05) is 53.0 Å². The van der Waals surface area contributed by atoms with E-state index < -0.39 is 0 Å². The van der Waals surface area contributed by atoms with E-state index in [1.54, 1.807) is 0 Å². The smallest absolute Gasteiger partial charge is 0.164 e. The Morgan fingerprint density at radius 1 is 0.323 bits per heavy atom. The number of nitrogens with zero attached hydrogens (tertiary/aromatic N) is 5. The van der Waals surface area contributed by atoms with E-state index in [9.17, 15) is 0 Å². The highest BCUT2D eigenvalue weighted by Crippen LogP contribution is 2.43. The Morgan fingerprint density at radius 3 is 1.71 bits per heavy atom. The van der Waals surface area contributed by atoms with E-state index in [2.05, 4.69) is 187 Å². The summed E-state index contributed by atoms with van der Waals surface area (Å²) >= 11 is 3.65. The predicted molar refractivity (Wildman–Crippen MR) is 273 cm³/mol. The minimum atomic E-state index is 0.641. The number of rotatable bonds is 7. The lowest BCUT2D eigenvalue weighted by Crippen LogP contribution is -2.00. The third-order valence-corrected chi connectivity index (χ3v) is 14.7. The number of aromatic nitrogens is 5. The maximum Gasteiger partial charge on any atom is 0.164 e. The van der Waals surface area contributed by atoms with Crippen LogP contribution in [0.25, 0.3) is 125 Å². The number of fused-ring (bicyclic) bond motifs is 7. The van der Waals surface area contributed by atoms with Gasteiger partial charge in [0.2, 0.25) is 0 Å². The largest absolute Gasteiger partial charge is 0.292 e. The molecule has 0 saturated carbocycles. The van der Waals surface area contributed by atoms with Crippen LogP contribution in [0, 0.1) is 0 Å². The van der Waals surface area contributed by atoms with Gasteiger partial charge in [-0.15, -0.1) is 22.7 Å². The molecule has 5 nitrogen and oxygen atoms in total. The maximum atomic E-state index is 5.17. The predicted octanol–water partition coefficient (Wildman–Crippen LogP) is 15.9. The van der Waals surface area contributed by atoms with Gasteiger partial charge in [-0.1, -0.05) is 146 Å². The molecule has 65 heavy (non-hydrogen) atoms. The van der Waals surface area contributed by atoms with Crippen LogP contribution in [0.2, 0.25) is 0 Å². The molecule has 304 valence electrons. The van der Waals surface area contributed by atoms with Gasteiger partial charge in [0.25, 0.3) is 0 Å². The fourth-order valence-corrected chi connectivity index (χ4v) is 11.4. The van der Waals surface area contributed by atoms with Crippen LogP contribution in [0.3, 0.4) is 0 Å². The van der Waals surface area contributed by atoms with Crippen molar-refractivity contribution >= 4 is 74.1 Å². The summed E-state index contributed by atoms with van der Waals surface area (Å²) in [5.41, 5.74) is 11.7. The third kappa shape index (κ3) is 6.51. The molecule has 0 amide bonds. The molecule has 4 heterocycles. The van der Waals surface area contributed by atoms with Gasteiger partial charge in [0, 0.05) is 68.3 Å². The van der Waals surface area contributed by atoms with Gasteiger partial charge in [0.15, 0.2) is 17.5 Å². The normalized spacial score (nSPS) is 11.7. The van der Waals surface area contributed by atoms with E-state index >= 15 is 0 Å². The SMILES string of the molecule is c1ccc(-c2nc(-c3cccc(-c4cccc5c4sc4ccc(-c6ccc(-c7nc8ccccc8n7-c7ccccc7)cc6)cc45)c3)nc(-c3ccc4sc5ccccc5c4c3)n2)cc1. The highest BCUT2D eigenvalue weighted by atomic mass is 32.1. The van der Waals surface area contributed by atoms with Gasteiger partial charge in [-0.3, -0.25) is 4.57 Å². The Hall–Kier alpha value is -8.10. The Kier molecular flexibility index (Phi) is 8.82. The van der Waals surface area contributed by atoms with Gasteiger partial charge >= 0.3 is 0 Å². The first-order chi connectivity index (χ1) is 32.2. The second kappa shape index (κ2) is 15.3. The molecule has 0 N–H and O–H groups in total. The van der Waals surface area contributed by atoms with Gasteiger partial charge in [-0.2, -0.15) is 0 Å². The molecule has 0 aliphatic rings. The Labute approximate surface area is 382 Å². The number of thiophene rings is 2. The Bertz CT molecular complexity index is 3940. The minimum absolute atomic E-state index is 0.641. The monoisotopic (exact) mass is 865 g/mol. The van der Waals surface area contributed by atoms with E-state index in [4.69, 9.17) is 19.9 Å². The summed E-state index contributed by atoms with van der Waals surface area (Å²) in [6.45, 7) is 0. The summed E-state index contributed by atoms with van der Waals surface area (Å²) in [5, 5.41) is 4.96. The summed E-state index contributed by atoms with van der Waals surface area (Å²) in [6.07, 6.45) is 0. The second-order valence-electron chi connectivity index (χ2n) is 16.2. The molecule has 0 saturated heterocycles. The van der Waals surface area contributed by atoms with Gasteiger partial charge in [0.05, 0.1) is 11.0 Å². The number of para-hydroxylation sites is 3. The van der Waals surface area contributed by atoms with Crippen molar-refractivity contribution in [3.8, 4) is 73.5 Å². The number of hydrogen-bond acceptors (Lipinski definition) is 6. The third-order valence-electron chi connectivity index (χ3n) is 12.3. The molecule has 0 fully saturated rings. The van der Waals surface area contributed by atoms with Crippen LogP contribution < -0.4 is 0 Å². The molecular weight excluding hydrogens is 831 g/mol. The average molecular weight is 866 g/mol. The van der Waals surface area contributed by atoms with Crippen LogP contribution in [0.1, 0.15) is 0 Å². The molecule has 7 heteroatoms. The van der Waals surface area contributed by atoms with Crippen LogP contribution in [0.15, 0.2) is 212 Å².